The summed E-state index contributed by atoms with van der Waals surface area (Å²) in [5.74, 6) is -0.0518. The number of nitrogens with zero attached hydrogens (tertiary/aromatic N) is 2. The number of hydrogen-bond donors (Lipinski definition) is 2. The van der Waals surface area contributed by atoms with Gasteiger partial charge in [0, 0.05) is 52.4 Å². The zero-order valence-corrected chi connectivity index (χ0v) is 23.4. The summed E-state index contributed by atoms with van der Waals surface area (Å²) < 4.78 is 10.7. The highest BCUT2D eigenvalue weighted by atomic mass is 35.5. The topological polar surface area (TPSA) is 96.0 Å². The van der Waals surface area contributed by atoms with Gasteiger partial charge in [-0.1, -0.05) is 41.9 Å². The Bertz CT molecular complexity index is 1760. The van der Waals surface area contributed by atoms with Gasteiger partial charge in [0.15, 0.2) is 0 Å². The van der Waals surface area contributed by atoms with Crippen LogP contribution in [0.4, 0.5) is 5.69 Å². The van der Waals surface area contributed by atoms with Crippen LogP contribution in [0.1, 0.15) is 26.4 Å². The predicted molar refractivity (Wildman–Crippen MR) is 163 cm³/mol. The molecule has 41 heavy (non-hydrogen) atoms. The number of anilines is 1. The van der Waals surface area contributed by atoms with Crippen LogP contribution in [0.15, 0.2) is 96.1 Å². The smallest absolute Gasteiger partial charge is 0.343 e. The lowest BCUT2D eigenvalue weighted by atomic mass is 10.0. The Morgan fingerprint density at radius 2 is 1.68 bits per heavy atom. The van der Waals surface area contributed by atoms with Crippen molar-refractivity contribution < 1.29 is 19.1 Å². The molecule has 4 aromatic carbocycles. The van der Waals surface area contributed by atoms with E-state index in [0.29, 0.717) is 38.9 Å². The third kappa shape index (κ3) is 5.92. The second-order valence-corrected chi connectivity index (χ2v) is 9.74. The minimum atomic E-state index is -0.530. The van der Waals surface area contributed by atoms with Crippen LogP contribution >= 0.6 is 11.6 Å². The maximum atomic E-state index is 13.4. The number of nitrogens with one attached hydrogen (secondary N) is 2. The molecule has 0 aliphatic rings. The van der Waals surface area contributed by atoms with Crippen LogP contribution in [0, 0.1) is 0 Å². The van der Waals surface area contributed by atoms with Gasteiger partial charge in [-0.15, -0.1) is 0 Å². The summed E-state index contributed by atoms with van der Waals surface area (Å²) in [6.45, 7) is 0. The Morgan fingerprint density at radius 3 is 2.41 bits per heavy atom. The quantitative estimate of drug-likeness (QED) is 0.0961. The molecule has 206 valence electrons. The summed E-state index contributed by atoms with van der Waals surface area (Å²) in [7, 11) is 5.47. The molecule has 0 aliphatic heterocycles. The molecule has 0 bridgehead atoms. The van der Waals surface area contributed by atoms with Gasteiger partial charge in [-0.05, 0) is 60.7 Å². The lowest BCUT2D eigenvalue weighted by Crippen LogP contribution is -2.19. The molecular weight excluding hydrogens is 540 g/mol. The Hall–Kier alpha value is -5.08. The van der Waals surface area contributed by atoms with Crippen LogP contribution < -0.4 is 19.8 Å². The highest BCUT2D eigenvalue weighted by molar-refractivity contribution is 6.34. The van der Waals surface area contributed by atoms with E-state index in [9.17, 15) is 9.59 Å². The summed E-state index contributed by atoms with van der Waals surface area (Å²) in [4.78, 5) is 31.3. The van der Waals surface area contributed by atoms with E-state index < -0.39 is 11.9 Å². The van der Waals surface area contributed by atoms with Gasteiger partial charge < -0.3 is 19.4 Å². The molecule has 0 fully saturated rings. The highest BCUT2D eigenvalue weighted by Crippen LogP contribution is 2.38. The lowest BCUT2D eigenvalue weighted by molar-refractivity contribution is 0.0734. The Kier molecular flexibility index (Phi) is 8.03. The minimum Gasteiger partial charge on any atom is -0.497 e. The number of carbonyl (C=O) groups excluding carboxylic acids is 2. The van der Waals surface area contributed by atoms with Crippen LogP contribution in [-0.4, -0.2) is 44.3 Å². The Labute approximate surface area is 242 Å². The number of hydrogen-bond acceptors (Lipinski definition) is 6. The van der Waals surface area contributed by atoms with E-state index in [1.54, 1.807) is 61.7 Å². The number of amides is 1. The van der Waals surface area contributed by atoms with Gasteiger partial charge in [0.1, 0.15) is 17.2 Å². The van der Waals surface area contributed by atoms with E-state index >= 15 is 0 Å². The maximum Gasteiger partial charge on any atom is 0.343 e. The molecule has 0 atom stereocenters. The number of ether oxygens (including phenoxy) is 2. The number of fused-ring (bicyclic) bond motifs is 1. The average Bonchev–Trinajstić information content (AvgIpc) is 3.37. The number of aromatic nitrogens is 1. The molecule has 0 radical (unpaired) electrons. The van der Waals surface area contributed by atoms with Crippen molar-refractivity contribution in [3.63, 3.8) is 0 Å². The zero-order valence-electron chi connectivity index (χ0n) is 22.6. The number of methoxy groups -OCH3 is 1. The molecule has 0 spiro atoms. The Morgan fingerprint density at radius 1 is 0.951 bits per heavy atom. The third-order valence-corrected chi connectivity index (χ3v) is 6.82. The van der Waals surface area contributed by atoms with Crippen molar-refractivity contribution in [1.29, 1.82) is 0 Å². The summed E-state index contributed by atoms with van der Waals surface area (Å²) in [5, 5.41) is 5.54. The van der Waals surface area contributed by atoms with Gasteiger partial charge in [-0.25, -0.2) is 10.2 Å². The molecule has 1 aromatic heterocycles. The summed E-state index contributed by atoms with van der Waals surface area (Å²) in [5.41, 5.74) is 6.96. The summed E-state index contributed by atoms with van der Waals surface area (Å²) in [6, 6.07) is 26.8. The molecule has 9 heteroatoms. The monoisotopic (exact) mass is 566 g/mol. The van der Waals surface area contributed by atoms with Crippen molar-refractivity contribution in [1.82, 2.24) is 10.4 Å². The number of aromatic amines is 1. The number of H-pyrrole nitrogens is 1. The van der Waals surface area contributed by atoms with Gasteiger partial charge in [0.25, 0.3) is 5.91 Å². The van der Waals surface area contributed by atoms with Crippen molar-refractivity contribution in [2.45, 2.75) is 0 Å². The molecule has 1 amide bonds. The number of carbonyl (C=O) groups is 2. The number of benzene rings is 4. The second kappa shape index (κ2) is 12.0. The van der Waals surface area contributed by atoms with E-state index in [1.165, 1.54) is 6.21 Å². The molecule has 8 nitrogen and oxygen atoms in total. The van der Waals surface area contributed by atoms with Crippen LogP contribution in [0.3, 0.4) is 0 Å². The molecule has 5 aromatic rings. The van der Waals surface area contributed by atoms with Gasteiger partial charge >= 0.3 is 5.97 Å². The van der Waals surface area contributed by atoms with Gasteiger partial charge in [0.2, 0.25) is 0 Å². The fraction of sp³-hybridized carbons (Fsp3) is 0.0938. The van der Waals surface area contributed by atoms with Crippen molar-refractivity contribution in [3.05, 3.63) is 113 Å². The van der Waals surface area contributed by atoms with Crippen molar-refractivity contribution in [2.75, 3.05) is 26.1 Å². The van der Waals surface area contributed by atoms with Crippen molar-refractivity contribution in [3.8, 4) is 22.6 Å². The van der Waals surface area contributed by atoms with Gasteiger partial charge in [-0.3, -0.25) is 4.79 Å². The van der Waals surface area contributed by atoms with Crippen LogP contribution in [0.2, 0.25) is 5.02 Å². The van der Waals surface area contributed by atoms with Crippen LogP contribution in [-0.2, 0) is 0 Å². The fourth-order valence-corrected chi connectivity index (χ4v) is 4.58. The lowest BCUT2D eigenvalue weighted by Gasteiger charge is -2.13. The van der Waals surface area contributed by atoms with E-state index in [-0.39, 0.29) is 0 Å². The first kappa shape index (κ1) is 27.5. The third-order valence-electron chi connectivity index (χ3n) is 6.49. The van der Waals surface area contributed by atoms with E-state index in [2.05, 4.69) is 15.5 Å². The van der Waals surface area contributed by atoms with Crippen molar-refractivity contribution in [2.24, 2.45) is 5.10 Å². The first-order valence-corrected chi connectivity index (χ1v) is 13.1. The molecule has 0 aliphatic carbocycles. The highest BCUT2D eigenvalue weighted by Gasteiger charge is 2.21. The number of halogens is 1. The number of esters is 1. The normalized spacial score (nSPS) is 11.0. The minimum absolute atomic E-state index is 0.296. The second-order valence-electron chi connectivity index (χ2n) is 9.33. The van der Waals surface area contributed by atoms with Crippen LogP contribution in [0.5, 0.6) is 11.5 Å². The maximum absolute atomic E-state index is 13.4. The van der Waals surface area contributed by atoms with E-state index in [1.807, 2.05) is 55.4 Å². The molecule has 0 unspecified atom stereocenters. The predicted octanol–water partition coefficient (Wildman–Crippen LogP) is 6.55. The first-order chi connectivity index (χ1) is 19.9. The first-order valence-electron chi connectivity index (χ1n) is 12.7. The molecule has 0 saturated heterocycles. The fourth-order valence-electron chi connectivity index (χ4n) is 4.35. The number of para-hydroxylation sites is 1. The molecule has 0 saturated carbocycles. The molecular formula is C32H27ClN4O4. The number of rotatable bonds is 8. The van der Waals surface area contributed by atoms with Crippen molar-refractivity contribution >= 4 is 46.3 Å². The molecule has 1 heterocycles. The SMILES string of the molecule is COc1ccc(C(=O)Oc2ccccc2C=NNC(=O)c2[nH]c3ccc(N(C)C)cc3c2-c2ccccc2Cl)cc1. The molecule has 2 N–H and O–H groups in total. The Balaban J connectivity index is 1.41. The average molecular weight is 567 g/mol. The van der Waals surface area contributed by atoms with E-state index in [0.717, 1.165) is 22.2 Å². The van der Waals surface area contributed by atoms with E-state index in [4.69, 9.17) is 21.1 Å². The standard InChI is InChI=1S/C32H27ClN4O4/c1-37(2)22-14-17-27-25(18-22)29(24-9-5-6-10-26(24)33)30(35-27)31(38)36-34-19-21-8-4-7-11-28(21)41-32(39)20-12-15-23(40-3)16-13-20/h4-19,35H,1-3H3,(H,36,38). The van der Waals surface area contributed by atoms with Gasteiger partial charge in [-0.2, -0.15) is 5.10 Å². The summed E-state index contributed by atoms with van der Waals surface area (Å²) in [6.07, 6.45) is 1.43. The van der Waals surface area contributed by atoms with Gasteiger partial charge in [0.05, 0.1) is 18.9 Å². The summed E-state index contributed by atoms with van der Waals surface area (Å²) >= 11 is 6.56. The largest absolute Gasteiger partial charge is 0.497 e. The number of hydrazone groups is 1. The van der Waals surface area contributed by atoms with Crippen LogP contribution in [0.25, 0.3) is 22.0 Å². The zero-order chi connectivity index (χ0) is 28.9. The molecule has 5 rings (SSSR count).